The molecule has 1 heterocycles. The molecule has 0 unspecified atom stereocenters. The number of carbonyl (C=O) groups is 1. The molecule has 4 aromatic rings. The molecule has 6 heteroatoms. The number of H-pyrrole nitrogens is 1. The Hall–Kier alpha value is -3.80. The lowest BCUT2D eigenvalue weighted by Crippen LogP contribution is -2.24. The molecule has 3 aromatic carbocycles. The smallest absolute Gasteiger partial charge is 0.412 e. The van der Waals surface area contributed by atoms with E-state index in [1.54, 1.807) is 0 Å². The van der Waals surface area contributed by atoms with Gasteiger partial charge in [0.25, 0.3) is 0 Å². The normalized spacial score (nSPS) is 10.8. The van der Waals surface area contributed by atoms with Crippen LogP contribution in [-0.2, 0) is 11.3 Å². The summed E-state index contributed by atoms with van der Waals surface area (Å²) >= 11 is 0. The third kappa shape index (κ3) is 4.69. The van der Waals surface area contributed by atoms with E-state index in [0.717, 1.165) is 46.8 Å². The van der Waals surface area contributed by atoms with Gasteiger partial charge >= 0.3 is 6.09 Å². The van der Waals surface area contributed by atoms with Crippen molar-refractivity contribution in [3.05, 3.63) is 78.4 Å². The summed E-state index contributed by atoms with van der Waals surface area (Å²) < 4.78 is 5.43. The van der Waals surface area contributed by atoms with Crippen LogP contribution in [0.25, 0.3) is 22.4 Å². The van der Waals surface area contributed by atoms with Crippen LogP contribution in [0, 0.1) is 0 Å². The summed E-state index contributed by atoms with van der Waals surface area (Å²) in [7, 11) is 0. The molecular formula is C25H26N4O2. The van der Waals surface area contributed by atoms with Crippen molar-refractivity contribution in [2.45, 2.75) is 20.5 Å². The molecule has 1 amide bonds. The second-order valence-electron chi connectivity index (χ2n) is 7.20. The van der Waals surface area contributed by atoms with Gasteiger partial charge in [0, 0.05) is 18.7 Å². The molecule has 0 aliphatic rings. The molecule has 6 nitrogen and oxygen atoms in total. The number of imidazole rings is 1. The number of aromatic amines is 1. The van der Waals surface area contributed by atoms with Gasteiger partial charge in [-0.1, -0.05) is 60.7 Å². The number of aromatic nitrogens is 2. The minimum atomic E-state index is -0.487. The van der Waals surface area contributed by atoms with Crippen molar-refractivity contribution < 1.29 is 9.53 Å². The van der Waals surface area contributed by atoms with E-state index in [9.17, 15) is 4.79 Å². The second kappa shape index (κ2) is 9.34. The molecule has 1 aromatic heterocycles. The average molecular weight is 415 g/mol. The summed E-state index contributed by atoms with van der Waals surface area (Å²) in [5, 5.41) is 2.92. The standard InChI is InChI=1S/C25H26N4O2/c1-3-29(4-2)23-16-21-20(26-24(27-21)19-13-9-6-10-14-19)15-22(23)28-25(30)31-17-18-11-7-5-8-12-18/h5-16H,3-4,17H2,1-2H3,(H,26,27)(H,28,30). The van der Waals surface area contributed by atoms with Crippen molar-refractivity contribution in [1.29, 1.82) is 0 Å². The van der Waals surface area contributed by atoms with E-state index < -0.39 is 6.09 Å². The van der Waals surface area contributed by atoms with Gasteiger partial charge in [-0.05, 0) is 31.5 Å². The Morgan fingerprint density at radius 2 is 1.68 bits per heavy atom. The quantitative estimate of drug-likeness (QED) is 0.399. The third-order valence-electron chi connectivity index (χ3n) is 5.20. The number of ether oxygens (including phenoxy) is 1. The fraction of sp³-hybridized carbons (Fsp3) is 0.200. The first kappa shape index (κ1) is 20.5. The van der Waals surface area contributed by atoms with E-state index in [-0.39, 0.29) is 6.61 Å². The predicted molar refractivity (Wildman–Crippen MR) is 125 cm³/mol. The zero-order valence-corrected chi connectivity index (χ0v) is 17.8. The number of amides is 1. The molecule has 0 bridgehead atoms. The van der Waals surface area contributed by atoms with E-state index in [0.29, 0.717) is 5.69 Å². The second-order valence-corrected chi connectivity index (χ2v) is 7.20. The Balaban J connectivity index is 1.63. The SMILES string of the molecule is CCN(CC)c1cc2nc(-c3ccccc3)[nH]c2cc1NC(=O)OCc1ccccc1. The molecule has 2 N–H and O–H groups in total. The first-order valence-corrected chi connectivity index (χ1v) is 10.5. The Bertz CT molecular complexity index is 1150. The maximum Gasteiger partial charge on any atom is 0.412 e. The fourth-order valence-corrected chi connectivity index (χ4v) is 3.57. The molecular weight excluding hydrogens is 388 g/mol. The number of nitrogens with zero attached hydrogens (tertiary/aromatic N) is 2. The van der Waals surface area contributed by atoms with E-state index >= 15 is 0 Å². The summed E-state index contributed by atoms with van der Waals surface area (Å²) in [6, 6.07) is 23.6. The molecule has 0 aliphatic heterocycles. The zero-order valence-electron chi connectivity index (χ0n) is 17.8. The number of hydrogen-bond acceptors (Lipinski definition) is 4. The van der Waals surface area contributed by atoms with E-state index in [1.165, 1.54) is 0 Å². The minimum Gasteiger partial charge on any atom is -0.444 e. The Morgan fingerprint density at radius 3 is 2.35 bits per heavy atom. The van der Waals surface area contributed by atoms with Gasteiger partial charge in [-0.3, -0.25) is 5.32 Å². The van der Waals surface area contributed by atoms with Gasteiger partial charge < -0.3 is 14.6 Å². The first-order valence-electron chi connectivity index (χ1n) is 10.5. The van der Waals surface area contributed by atoms with E-state index in [2.05, 4.69) is 29.0 Å². The summed E-state index contributed by atoms with van der Waals surface area (Å²) in [5.74, 6) is 0.796. The largest absolute Gasteiger partial charge is 0.444 e. The van der Waals surface area contributed by atoms with Crippen molar-refractivity contribution in [1.82, 2.24) is 9.97 Å². The van der Waals surface area contributed by atoms with Gasteiger partial charge in [-0.15, -0.1) is 0 Å². The summed E-state index contributed by atoms with van der Waals surface area (Å²) in [5.41, 5.74) is 5.27. The molecule has 4 rings (SSSR count). The number of nitrogens with one attached hydrogen (secondary N) is 2. The van der Waals surface area contributed by atoms with Crippen LogP contribution < -0.4 is 10.2 Å². The highest BCUT2D eigenvalue weighted by Crippen LogP contribution is 2.32. The molecule has 158 valence electrons. The fourth-order valence-electron chi connectivity index (χ4n) is 3.57. The maximum atomic E-state index is 12.5. The molecule has 0 saturated carbocycles. The number of carbonyl (C=O) groups excluding carboxylic acids is 1. The van der Waals surface area contributed by atoms with Gasteiger partial charge in [0.15, 0.2) is 0 Å². The molecule has 31 heavy (non-hydrogen) atoms. The van der Waals surface area contributed by atoms with Crippen LogP contribution in [0.1, 0.15) is 19.4 Å². The van der Waals surface area contributed by atoms with Crippen LogP contribution in [0.4, 0.5) is 16.2 Å². The average Bonchev–Trinajstić information content (AvgIpc) is 3.23. The highest BCUT2D eigenvalue weighted by atomic mass is 16.5. The number of fused-ring (bicyclic) bond motifs is 1. The third-order valence-corrected chi connectivity index (χ3v) is 5.20. The monoisotopic (exact) mass is 414 g/mol. The van der Waals surface area contributed by atoms with Crippen molar-refractivity contribution >= 4 is 28.5 Å². The summed E-state index contributed by atoms with van der Waals surface area (Å²) in [4.78, 5) is 22.8. The van der Waals surface area contributed by atoms with Gasteiger partial charge in [0.2, 0.25) is 0 Å². The van der Waals surface area contributed by atoms with Crippen LogP contribution in [0.3, 0.4) is 0 Å². The lowest BCUT2D eigenvalue weighted by Gasteiger charge is -2.24. The Labute approximate surface area is 181 Å². The lowest BCUT2D eigenvalue weighted by atomic mass is 10.2. The van der Waals surface area contributed by atoms with Gasteiger partial charge in [0.05, 0.1) is 22.4 Å². The highest BCUT2D eigenvalue weighted by molar-refractivity contribution is 5.96. The number of anilines is 2. The van der Waals surface area contributed by atoms with Gasteiger partial charge in [-0.2, -0.15) is 0 Å². The minimum absolute atomic E-state index is 0.220. The van der Waals surface area contributed by atoms with Crippen molar-refractivity contribution in [3.63, 3.8) is 0 Å². The van der Waals surface area contributed by atoms with E-state index in [4.69, 9.17) is 9.72 Å². The molecule has 0 atom stereocenters. The van der Waals surface area contributed by atoms with Gasteiger partial charge in [-0.25, -0.2) is 9.78 Å². The van der Waals surface area contributed by atoms with Crippen LogP contribution in [0.15, 0.2) is 72.8 Å². The summed E-state index contributed by atoms with van der Waals surface area (Å²) in [6.45, 7) is 6.02. The summed E-state index contributed by atoms with van der Waals surface area (Å²) in [6.07, 6.45) is -0.487. The topological polar surface area (TPSA) is 70.2 Å². The Kier molecular flexibility index (Phi) is 6.17. The van der Waals surface area contributed by atoms with Crippen molar-refractivity contribution in [3.8, 4) is 11.4 Å². The highest BCUT2D eigenvalue weighted by Gasteiger charge is 2.16. The molecule has 0 radical (unpaired) electrons. The van der Waals surface area contributed by atoms with Crippen LogP contribution in [0.5, 0.6) is 0 Å². The van der Waals surface area contributed by atoms with Crippen LogP contribution in [0.2, 0.25) is 0 Å². The number of hydrogen-bond donors (Lipinski definition) is 2. The van der Waals surface area contributed by atoms with Crippen LogP contribution >= 0.6 is 0 Å². The van der Waals surface area contributed by atoms with Crippen LogP contribution in [-0.4, -0.2) is 29.2 Å². The van der Waals surface area contributed by atoms with E-state index in [1.807, 2.05) is 72.8 Å². The van der Waals surface area contributed by atoms with Crippen molar-refractivity contribution in [2.75, 3.05) is 23.3 Å². The maximum absolute atomic E-state index is 12.5. The number of rotatable bonds is 7. The lowest BCUT2D eigenvalue weighted by molar-refractivity contribution is 0.155. The zero-order chi connectivity index (χ0) is 21.6. The Morgan fingerprint density at radius 1 is 1.00 bits per heavy atom. The van der Waals surface area contributed by atoms with Gasteiger partial charge in [0.1, 0.15) is 12.4 Å². The molecule has 0 saturated heterocycles. The number of benzene rings is 3. The van der Waals surface area contributed by atoms with Crippen molar-refractivity contribution in [2.24, 2.45) is 0 Å². The molecule has 0 fully saturated rings. The first-order chi connectivity index (χ1) is 15.2. The molecule has 0 aliphatic carbocycles. The molecule has 0 spiro atoms. The predicted octanol–water partition coefficient (Wildman–Crippen LogP) is 5.82.